The highest BCUT2D eigenvalue weighted by atomic mass is 16.5. The Morgan fingerprint density at radius 3 is 2.41 bits per heavy atom. The third-order valence-corrected chi connectivity index (χ3v) is 2.87. The van der Waals surface area contributed by atoms with Gasteiger partial charge in [0.25, 0.3) is 0 Å². The average Bonchev–Trinajstić information content (AvgIpc) is 2.35. The summed E-state index contributed by atoms with van der Waals surface area (Å²) in [5.74, 6) is 1.21. The predicted molar refractivity (Wildman–Crippen MR) is 70.2 cm³/mol. The highest BCUT2D eigenvalue weighted by Crippen LogP contribution is 2.11. The maximum absolute atomic E-state index is 9.64. The topological polar surface area (TPSA) is 41.5 Å². The van der Waals surface area contributed by atoms with Gasteiger partial charge in [0.05, 0.1) is 13.2 Å². The lowest BCUT2D eigenvalue weighted by molar-refractivity contribution is 0.116. The van der Waals surface area contributed by atoms with Gasteiger partial charge in [-0.2, -0.15) is 0 Å². The lowest BCUT2D eigenvalue weighted by atomic mass is 10.0. The molecule has 1 rings (SSSR count). The second-order valence-corrected chi connectivity index (χ2v) is 4.62. The van der Waals surface area contributed by atoms with Gasteiger partial charge in [0.1, 0.15) is 5.75 Å². The Bertz CT molecular complexity index is 309. The van der Waals surface area contributed by atoms with Crippen LogP contribution in [0, 0.1) is 5.92 Å². The van der Waals surface area contributed by atoms with Gasteiger partial charge >= 0.3 is 0 Å². The summed E-state index contributed by atoms with van der Waals surface area (Å²) in [4.78, 5) is 0. The van der Waals surface area contributed by atoms with E-state index in [1.54, 1.807) is 7.11 Å². The number of hydrogen-bond donors (Lipinski definition) is 2. The zero-order valence-electron chi connectivity index (χ0n) is 10.9. The van der Waals surface area contributed by atoms with Crippen molar-refractivity contribution in [2.24, 2.45) is 5.92 Å². The molecular formula is C14H23NO2. The first kappa shape index (κ1) is 14.0. The van der Waals surface area contributed by atoms with E-state index in [9.17, 15) is 5.11 Å². The third kappa shape index (κ3) is 5.20. The molecule has 0 spiro atoms. The van der Waals surface area contributed by atoms with E-state index in [0.29, 0.717) is 5.92 Å². The fourth-order valence-electron chi connectivity index (χ4n) is 1.56. The number of hydrogen-bond acceptors (Lipinski definition) is 3. The van der Waals surface area contributed by atoms with Crippen LogP contribution < -0.4 is 10.1 Å². The molecule has 3 heteroatoms. The number of ether oxygens (including phenoxy) is 1. The van der Waals surface area contributed by atoms with Crippen LogP contribution in [0.1, 0.15) is 25.8 Å². The molecule has 1 aromatic rings. The van der Waals surface area contributed by atoms with Gasteiger partial charge in [-0.15, -0.1) is 0 Å². The highest BCUT2D eigenvalue weighted by Gasteiger charge is 2.07. The Balaban J connectivity index is 2.22. The summed E-state index contributed by atoms with van der Waals surface area (Å²) in [6, 6.07) is 8.01. The summed E-state index contributed by atoms with van der Waals surface area (Å²) in [6.07, 6.45) is 0.590. The summed E-state index contributed by atoms with van der Waals surface area (Å²) in [6.45, 7) is 5.74. The van der Waals surface area contributed by atoms with Crippen LogP contribution in [-0.4, -0.2) is 24.9 Å². The molecule has 0 heterocycles. The number of aliphatic hydroxyl groups excluding tert-OH is 1. The van der Waals surface area contributed by atoms with Gasteiger partial charge in [0, 0.05) is 6.54 Å². The van der Waals surface area contributed by atoms with E-state index in [4.69, 9.17) is 4.74 Å². The van der Waals surface area contributed by atoms with E-state index in [1.165, 1.54) is 5.56 Å². The van der Waals surface area contributed by atoms with Crippen molar-refractivity contribution in [1.82, 2.24) is 5.32 Å². The largest absolute Gasteiger partial charge is 0.497 e. The van der Waals surface area contributed by atoms with Gasteiger partial charge < -0.3 is 15.2 Å². The Morgan fingerprint density at radius 2 is 1.88 bits per heavy atom. The highest BCUT2D eigenvalue weighted by molar-refractivity contribution is 5.26. The molecule has 0 aliphatic carbocycles. The normalized spacial score (nSPS) is 12.8. The molecule has 0 aliphatic heterocycles. The molecule has 0 fully saturated rings. The molecule has 0 amide bonds. The van der Waals surface area contributed by atoms with Gasteiger partial charge in [-0.25, -0.2) is 0 Å². The molecule has 0 saturated carbocycles. The zero-order valence-corrected chi connectivity index (χ0v) is 10.9. The molecule has 3 nitrogen and oxygen atoms in total. The third-order valence-electron chi connectivity index (χ3n) is 2.87. The van der Waals surface area contributed by atoms with Gasteiger partial charge in [-0.1, -0.05) is 26.0 Å². The monoisotopic (exact) mass is 237 g/mol. The van der Waals surface area contributed by atoms with Crippen molar-refractivity contribution in [1.29, 1.82) is 0 Å². The lowest BCUT2D eigenvalue weighted by Crippen LogP contribution is -2.23. The second kappa shape index (κ2) is 7.30. The smallest absolute Gasteiger partial charge is 0.118 e. The lowest BCUT2D eigenvalue weighted by Gasteiger charge is -2.14. The molecule has 2 N–H and O–H groups in total. The summed E-state index contributed by atoms with van der Waals surface area (Å²) >= 11 is 0. The Hall–Kier alpha value is -1.06. The van der Waals surface area contributed by atoms with Crippen molar-refractivity contribution in [2.45, 2.75) is 32.9 Å². The number of methoxy groups -OCH3 is 1. The number of aliphatic hydroxyl groups is 1. The van der Waals surface area contributed by atoms with E-state index in [-0.39, 0.29) is 6.10 Å². The van der Waals surface area contributed by atoms with Crippen LogP contribution in [0.25, 0.3) is 0 Å². The molecule has 0 aliphatic rings. The number of rotatable bonds is 7. The fourth-order valence-corrected chi connectivity index (χ4v) is 1.56. The van der Waals surface area contributed by atoms with E-state index in [2.05, 4.69) is 5.32 Å². The average molecular weight is 237 g/mol. The molecule has 1 unspecified atom stereocenters. The minimum atomic E-state index is -0.210. The predicted octanol–water partition coefficient (Wildman–Crippen LogP) is 2.19. The first-order valence-corrected chi connectivity index (χ1v) is 6.15. The zero-order chi connectivity index (χ0) is 12.7. The Morgan fingerprint density at radius 1 is 1.24 bits per heavy atom. The van der Waals surface area contributed by atoms with Crippen molar-refractivity contribution in [3.05, 3.63) is 29.8 Å². The van der Waals surface area contributed by atoms with Crippen molar-refractivity contribution >= 4 is 0 Å². The van der Waals surface area contributed by atoms with Crippen molar-refractivity contribution in [3.8, 4) is 5.75 Å². The van der Waals surface area contributed by atoms with E-state index < -0.39 is 0 Å². The molecule has 1 atom stereocenters. The summed E-state index contributed by atoms with van der Waals surface area (Å²) in [7, 11) is 1.67. The Kier molecular flexibility index (Phi) is 6.01. The van der Waals surface area contributed by atoms with E-state index >= 15 is 0 Å². The van der Waals surface area contributed by atoms with Crippen molar-refractivity contribution in [2.75, 3.05) is 13.7 Å². The number of benzene rings is 1. The first-order chi connectivity index (χ1) is 8.13. The van der Waals surface area contributed by atoms with Crippen LogP contribution in [0.15, 0.2) is 24.3 Å². The van der Waals surface area contributed by atoms with Crippen LogP contribution in [0.5, 0.6) is 5.75 Å². The van der Waals surface area contributed by atoms with Crippen molar-refractivity contribution < 1.29 is 9.84 Å². The minimum Gasteiger partial charge on any atom is -0.497 e. The van der Waals surface area contributed by atoms with Gasteiger partial charge in [-0.05, 0) is 36.6 Å². The summed E-state index contributed by atoms with van der Waals surface area (Å²) in [5, 5.41) is 13.0. The minimum absolute atomic E-state index is 0.210. The molecule has 0 saturated heterocycles. The quantitative estimate of drug-likeness (QED) is 0.714. The molecule has 17 heavy (non-hydrogen) atoms. The standard InChI is InChI=1S/C14H23NO2/c1-11(2)14(16)8-9-15-10-12-4-6-13(17-3)7-5-12/h4-7,11,14-16H,8-10H2,1-3H3. The molecule has 0 aromatic heterocycles. The van der Waals surface area contributed by atoms with Crippen LogP contribution in [0.4, 0.5) is 0 Å². The molecule has 0 bridgehead atoms. The molecule has 1 aromatic carbocycles. The van der Waals surface area contributed by atoms with Crippen LogP contribution in [-0.2, 0) is 6.54 Å². The number of nitrogens with one attached hydrogen (secondary N) is 1. The molecular weight excluding hydrogens is 214 g/mol. The van der Waals surface area contributed by atoms with Gasteiger partial charge in [0.2, 0.25) is 0 Å². The maximum Gasteiger partial charge on any atom is 0.118 e. The van der Waals surface area contributed by atoms with Gasteiger partial charge in [0.15, 0.2) is 0 Å². The molecule has 96 valence electrons. The summed E-state index contributed by atoms with van der Waals surface area (Å²) in [5.41, 5.74) is 1.23. The fraction of sp³-hybridized carbons (Fsp3) is 0.571. The SMILES string of the molecule is COc1ccc(CNCCC(O)C(C)C)cc1. The van der Waals surface area contributed by atoms with Crippen LogP contribution in [0.2, 0.25) is 0 Å². The van der Waals surface area contributed by atoms with Crippen LogP contribution >= 0.6 is 0 Å². The van der Waals surface area contributed by atoms with Gasteiger partial charge in [-0.3, -0.25) is 0 Å². The van der Waals surface area contributed by atoms with E-state index in [1.807, 2.05) is 38.1 Å². The second-order valence-electron chi connectivity index (χ2n) is 4.62. The Labute approximate surface area is 104 Å². The first-order valence-electron chi connectivity index (χ1n) is 6.15. The molecule has 0 radical (unpaired) electrons. The van der Waals surface area contributed by atoms with Crippen molar-refractivity contribution in [3.63, 3.8) is 0 Å². The summed E-state index contributed by atoms with van der Waals surface area (Å²) < 4.78 is 5.10. The van der Waals surface area contributed by atoms with E-state index in [0.717, 1.165) is 25.3 Å². The van der Waals surface area contributed by atoms with Crippen LogP contribution in [0.3, 0.4) is 0 Å². The maximum atomic E-state index is 9.64.